The summed E-state index contributed by atoms with van der Waals surface area (Å²) in [5.41, 5.74) is 0. The molecule has 0 saturated heterocycles. The summed E-state index contributed by atoms with van der Waals surface area (Å²) in [6.45, 7) is 13.5. The molecule has 0 aromatic heterocycles. The largest absolute Gasteiger partial charge is 0.378 e. The summed E-state index contributed by atoms with van der Waals surface area (Å²) in [4.78, 5) is 0. The predicted molar refractivity (Wildman–Crippen MR) is 102 cm³/mol. The Labute approximate surface area is 154 Å². The smallest absolute Gasteiger partial charge is 0.152 e. The highest BCUT2D eigenvalue weighted by Gasteiger charge is 2.14. The molecule has 25 heavy (non-hydrogen) atoms. The molecule has 0 aliphatic heterocycles. The molecule has 0 fully saturated rings. The van der Waals surface area contributed by atoms with Crippen molar-refractivity contribution in [1.29, 1.82) is 0 Å². The molecule has 0 spiro atoms. The maximum Gasteiger partial charge on any atom is 0.152 e. The van der Waals surface area contributed by atoms with Crippen molar-refractivity contribution in [3.05, 3.63) is 0 Å². The van der Waals surface area contributed by atoms with Crippen molar-refractivity contribution in [3.63, 3.8) is 0 Å². The highest BCUT2D eigenvalue weighted by Crippen LogP contribution is 2.01. The number of nitrogens with one attached hydrogen (secondary N) is 2. The van der Waals surface area contributed by atoms with Crippen molar-refractivity contribution >= 4 is 9.84 Å². The highest BCUT2D eigenvalue weighted by atomic mass is 32.2. The van der Waals surface area contributed by atoms with E-state index < -0.39 is 9.84 Å². The van der Waals surface area contributed by atoms with Gasteiger partial charge in [-0.2, -0.15) is 0 Å². The third kappa shape index (κ3) is 16.9. The van der Waals surface area contributed by atoms with Crippen LogP contribution in [-0.2, 0) is 24.0 Å². The quantitative estimate of drug-likeness (QED) is 0.340. The molecular formula is C17H38N2O5S. The Kier molecular flexibility index (Phi) is 15.8. The third-order valence-corrected chi connectivity index (χ3v) is 5.76. The molecule has 2 N–H and O–H groups in total. The minimum Gasteiger partial charge on any atom is -0.378 e. The van der Waals surface area contributed by atoms with Gasteiger partial charge in [0, 0.05) is 19.1 Å². The van der Waals surface area contributed by atoms with Crippen molar-refractivity contribution in [2.24, 2.45) is 0 Å². The van der Waals surface area contributed by atoms with Crippen molar-refractivity contribution < 1.29 is 22.6 Å². The molecule has 152 valence electrons. The Balaban J connectivity index is 3.17. The second kappa shape index (κ2) is 16.0. The topological polar surface area (TPSA) is 85.9 Å². The molecule has 0 amide bonds. The normalized spacial score (nSPS) is 12.4. The van der Waals surface area contributed by atoms with E-state index in [9.17, 15) is 8.42 Å². The molecule has 0 radical (unpaired) electrons. The molecule has 0 saturated carbocycles. The number of hydrogen-bond acceptors (Lipinski definition) is 7. The van der Waals surface area contributed by atoms with Crippen LogP contribution in [0, 0.1) is 0 Å². The van der Waals surface area contributed by atoms with Gasteiger partial charge in [-0.05, 0) is 26.8 Å². The molecule has 0 rings (SSSR count). The van der Waals surface area contributed by atoms with Gasteiger partial charge in [-0.1, -0.05) is 13.8 Å². The van der Waals surface area contributed by atoms with E-state index in [1.165, 1.54) is 0 Å². The molecular weight excluding hydrogens is 344 g/mol. The van der Waals surface area contributed by atoms with Crippen molar-refractivity contribution in [3.8, 4) is 0 Å². The monoisotopic (exact) mass is 382 g/mol. The lowest BCUT2D eigenvalue weighted by Crippen LogP contribution is -2.27. The van der Waals surface area contributed by atoms with Crippen LogP contribution in [0.3, 0.4) is 0 Å². The van der Waals surface area contributed by atoms with E-state index in [1.807, 2.05) is 0 Å². The van der Waals surface area contributed by atoms with Crippen molar-refractivity contribution in [2.75, 3.05) is 65.0 Å². The lowest BCUT2D eigenvalue weighted by molar-refractivity contribution is 0.0156. The fourth-order valence-electron chi connectivity index (χ4n) is 1.87. The minimum absolute atomic E-state index is 0.238. The fraction of sp³-hybridized carbons (Fsp3) is 1.00. The minimum atomic E-state index is -2.92. The first-order chi connectivity index (χ1) is 11.9. The van der Waals surface area contributed by atoms with Crippen LogP contribution in [0.1, 0.15) is 34.1 Å². The summed E-state index contributed by atoms with van der Waals surface area (Å²) in [5.74, 6) is 0.238. The van der Waals surface area contributed by atoms with Crippen LogP contribution in [0.5, 0.6) is 0 Å². The summed E-state index contributed by atoms with van der Waals surface area (Å²) in [7, 11) is -2.92. The maximum atomic E-state index is 11.6. The lowest BCUT2D eigenvalue weighted by atomic mass is 10.4. The Morgan fingerprint density at radius 2 is 1.28 bits per heavy atom. The number of hydrogen-bond donors (Lipinski definition) is 2. The zero-order valence-corrected chi connectivity index (χ0v) is 17.2. The van der Waals surface area contributed by atoms with E-state index in [1.54, 1.807) is 13.8 Å². The van der Waals surface area contributed by atoms with Gasteiger partial charge in [0.25, 0.3) is 0 Å². The van der Waals surface area contributed by atoms with Crippen LogP contribution in [0.4, 0.5) is 0 Å². The van der Waals surface area contributed by atoms with E-state index in [0.29, 0.717) is 65.2 Å². The van der Waals surface area contributed by atoms with E-state index in [-0.39, 0.29) is 11.0 Å². The lowest BCUT2D eigenvalue weighted by Gasteiger charge is -2.10. The molecule has 0 heterocycles. The number of sulfone groups is 1. The van der Waals surface area contributed by atoms with Gasteiger partial charge < -0.3 is 24.8 Å². The summed E-state index contributed by atoms with van der Waals surface area (Å²) in [5, 5.41) is 6.17. The summed E-state index contributed by atoms with van der Waals surface area (Å²) < 4.78 is 39.5. The van der Waals surface area contributed by atoms with Crippen LogP contribution >= 0.6 is 0 Å². The molecule has 0 atom stereocenters. The molecule has 0 unspecified atom stereocenters. The average Bonchev–Trinajstić information content (AvgIpc) is 2.54. The van der Waals surface area contributed by atoms with Crippen LogP contribution in [0.15, 0.2) is 0 Å². The standard InChI is InChI=1S/C17H38N2O5S/c1-16(2)19-8-10-23-12-14-24-13-11-22-9-7-18-6-5-15-25(20,21)17(3)4/h16-19H,5-15H2,1-4H3. The Morgan fingerprint density at radius 1 is 0.760 bits per heavy atom. The van der Waals surface area contributed by atoms with Gasteiger partial charge in [-0.15, -0.1) is 0 Å². The van der Waals surface area contributed by atoms with Gasteiger partial charge in [0.15, 0.2) is 9.84 Å². The highest BCUT2D eigenvalue weighted by molar-refractivity contribution is 7.91. The molecule has 8 heteroatoms. The van der Waals surface area contributed by atoms with E-state index in [2.05, 4.69) is 24.5 Å². The summed E-state index contributed by atoms with van der Waals surface area (Å²) in [6, 6.07) is 0.486. The van der Waals surface area contributed by atoms with Crippen molar-refractivity contribution in [2.45, 2.75) is 45.4 Å². The summed E-state index contributed by atoms with van der Waals surface area (Å²) >= 11 is 0. The first kappa shape index (κ1) is 24.8. The maximum absolute atomic E-state index is 11.6. The Morgan fingerprint density at radius 3 is 1.80 bits per heavy atom. The van der Waals surface area contributed by atoms with Crippen LogP contribution in [-0.4, -0.2) is 84.7 Å². The Bertz CT molecular complexity index is 388. The van der Waals surface area contributed by atoms with Crippen LogP contribution in [0.2, 0.25) is 0 Å². The van der Waals surface area contributed by atoms with E-state index in [4.69, 9.17) is 14.2 Å². The second-order valence-corrected chi connectivity index (χ2v) is 9.14. The van der Waals surface area contributed by atoms with Gasteiger partial charge >= 0.3 is 0 Å². The number of rotatable bonds is 18. The predicted octanol–water partition coefficient (Wildman–Crippen LogP) is 0.837. The van der Waals surface area contributed by atoms with E-state index in [0.717, 1.165) is 6.54 Å². The fourth-order valence-corrected chi connectivity index (χ4v) is 2.88. The SMILES string of the molecule is CC(C)NCCOCCOCCOCCNCCCS(=O)(=O)C(C)C. The average molecular weight is 383 g/mol. The van der Waals surface area contributed by atoms with E-state index >= 15 is 0 Å². The molecule has 0 aromatic rings. The molecule has 0 bridgehead atoms. The molecule has 0 aliphatic carbocycles. The van der Waals surface area contributed by atoms with Crippen LogP contribution in [0.25, 0.3) is 0 Å². The number of ether oxygens (including phenoxy) is 3. The van der Waals surface area contributed by atoms with Gasteiger partial charge in [-0.3, -0.25) is 0 Å². The van der Waals surface area contributed by atoms with Gasteiger partial charge in [0.1, 0.15) is 0 Å². The first-order valence-electron chi connectivity index (χ1n) is 9.25. The molecule has 0 aromatic carbocycles. The van der Waals surface area contributed by atoms with Gasteiger partial charge in [0.05, 0.1) is 50.6 Å². The molecule has 7 nitrogen and oxygen atoms in total. The van der Waals surface area contributed by atoms with Gasteiger partial charge in [-0.25, -0.2) is 8.42 Å². The third-order valence-electron chi connectivity index (χ3n) is 3.47. The van der Waals surface area contributed by atoms with Crippen molar-refractivity contribution in [1.82, 2.24) is 10.6 Å². The molecule has 0 aliphatic rings. The van der Waals surface area contributed by atoms with Crippen LogP contribution < -0.4 is 10.6 Å². The second-order valence-electron chi connectivity index (χ2n) is 6.47. The zero-order valence-electron chi connectivity index (χ0n) is 16.4. The summed E-state index contributed by atoms with van der Waals surface area (Å²) in [6.07, 6.45) is 0.635. The zero-order chi connectivity index (χ0) is 19.0. The van der Waals surface area contributed by atoms with Gasteiger partial charge in [0.2, 0.25) is 0 Å². The Hall–Kier alpha value is -0.250. The first-order valence-corrected chi connectivity index (χ1v) is 11.0.